The third-order valence-corrected chi connectivity index (χ3v) is 3.66. The lowest BCUT2D eigenvalue weighted by Gasteiger charge is -2.10. The lowest BCUT2D eigenvalue weighted by molar-refractivity contribution is 0.600. The molecule has 0 saturated heterocycles. The second-order valence-corrected chi connectivity index (χ2v) is 5.16. The molecule has 5 nitrogen and oxygen atoms in total. The first kappa shape index (κ1) is 13.8. The maximum absolute atomic E-state index is 6.17. The molecule has 2 N–H and O–H groups in total. The highest BCUT2D eigenvalue weighted by Gasteiger charge is 2.17. The Balaban J connectivity index is 2.34. The molecule has 0 aliphatic rings. The van der Waals surface area contributed by atoms with Gasteiger partial charge in [-0.25, -0.2) is 0 Å². The first-order chi connectivity index (χ1) is 8.93. The van der Waals surface area contributed by atoms with Crippen molar-refractivity contribution in [3.8, 4) is 0 Å². The molecule has 5 heteroatoms. The summed E-state index contributed by atoms with van der Waals surface area (Å²) in [5, 5.41) is 8.99. The highest BCUT2D eigenvalue weighted by molar-refractivity contribution is 5.28. The summed E-state index contributed by atoms with van der Waals surface area (Å²) in [7, 11) is 1.96. The molecule has 0 saturated carbocycles. The molecule has 1 atom stereocenters. The lowest BCUT2D eigenvalue weighted by Crippen LogP contribution is -2.12. The standard InChI is InChI=1S/C14H23N5/c1-6-13(15)14-10(3)17-19(11(14)4)8-12-7-9(2)16-18(12)5/h7,13H,6,8,15H2,1-5H3. The Hall–Kier alpha value is -1.62. The van der Waals surface area contributed by atoms with Gasteiger partial charge in [0.05, 0.1) is 23.6 Å². The summed E-state index contributed by atoms with van der Waals surface area (Å²) in [5.74, 6) is 0. The highest BCUT2D eigenvalue weighted by Crippen LogP contribution is 2.22. The monoisotopic (exact) mass is 261 g/mol. The summed E-state index contributed by atoms with van der Waals surface area (Å²) >= 11 is 0. The topological polar surface area (TPSA) is 61.7 Å². The first-order valence-corrected chi connectivity index (χ1v) is 6.73. The predicted octanol–water partition coefficient (Wildman–Crippen LogP) is 2.00. The van der Waals surface area contributed by atoms with Crippen molar-refractivity contribution in [2.45, 2.75) is 46.7 Å². The van der Waals surface area contributed by atoms with E-state index in [4.69, 9.17) is 5.73 Å². The van der Waals surface area contributed by atoms with E-state index >= 15 is 0 Å². The Bertz CT molecular complexity index is 579. The number of hydrogen-bond donors (Lipinski definition) is 1. The van der Waals surface area contributed by atoms with E-state index in [9.17, 15) is 0 Å². The normalized spacial score (nSPS) is 12.9. The van der Waals surface area contributed by atoms with Crippen LogP contribution in [0.15, 0.2) is 6.07 Å². The van der Waals surface area contributed by atoms with Gasteiger partial charge in [-0.05, 0) is 33.3 Å². The summed E-state index contributed by atoms with van der Waals surface area (Å²) < 4.78 is 3.93. The Morgan fingerprint density at radius 1 is 1.26 bits per heavy atom. The number of nitrogens with zero attached hydrogens (tertiary/aromatic N) is 4. The van der Waals surface area contributed by atoms with Crippen molar-refractivity contribution < 1.29 is 0 Å². The fourth-order valence-corrected chi connectivity index (χ4v) is 2.57. The van der Waals surface area contributed by atoms with E-state index in [0.29, 0.717) is 0 Å². The minimum absolute atomic E-state index is 0.0713. The van der Waals surface area contributed by atoms with Crippen LogP contribution in [0.4, 0.5) is 0 Å². The van der Waals surface area contributed by atoms with Crippen LogP contribution in [0.1, 0.15) is 47.7 Å². The molecule has 2 heterocycles. The SMILES string of the molecule is CCC(N)c1c(C)nn(Cc2cc(C)nn2C)c1C. The molecule has 0 radical (unpaired) electrons. The van der Waals surface area contributed by atoms with Gasteiger partial charge in [0.1, 0.15) is 0 Å². The zero-order chi connectivity index (χ0) is 14.2. The number of aryl methyl sites for hydroxylation is 3. The van der Waals surface area contributed by atoms with E-state index in [2.05, 4.69) is 30.1 Å². The van der Waals surface area contributed by atoms with Crippen LogP contribution in [0.5, 0.6) is 0 Å². The number of hydrogen-bond acceptors (Lipinski definition) is 3. The van der Waals surface area contributed by atoms with Crippen LogP contribution >= 0.6 is 0 Å². The predicted molar refractivity (Wildman–Crippen MR) is 76.0 cm³/mol. The van der Waals surface area contributed by atoms with Crippen molar-refractivity contribution >= 4 is 0 Å². The van der Waals surface area contributed by atoms with E-state index in [0.717, 1.165) is 35.7 Å². The number of rotatable bonds is 4. The smallest absolute Gasteiger partial charge is 0.0831 e. The number of aromatic nitrogens is 4. The molecule has 0 aliphatic carbocycles. The fourth-order valence-electron chi connectivity index (χ4n) is 2.57. The summed E-state index contributed by atoms with van der Waals surface area (Å²) in [4.78, 5) is 0. The molecular weight excluding hydrogens is 238 g/mol. The first-order valence-electron chi connectivity index (χ1n) is 6.73. The molecule has 0 amide bonds. The van der Waals surface area contributed by atoms with Crippen molar-refractivity contribution in [2.75, 3.05) is 0 Å². The summed E-state index contributed by atoms with van der Waals surface area (Å²) in [5.41, 5.74) is 11.7. The van der Waals surface area contributed by atoms with Gasteiger partial charge in [0.2, 0.25) is 0 Å². The lowest BCUT2D eigenvalue weighted by atomic mass is 10.0. The van der Waals surface area contributed by atoms with E-state index in [1.807, 2.05) is 30.3 Å². The van der Waals surface area contributed by atoms with Crippen LogP contribution in [0.25, 0.3) is 0 Å². The zero-order valence-electron chi connectivity index (χ0n) is 12.4. The molecule has 2 aromatic rings. The average Bonchev–Trinajstić information content (AvgIpc) is 2.80. The van der Waals surface area contributed by atoms with E-state index in [-0.39, 0.29) is 6.04 Å². The molecule has 2 aromatic heterocycles. The van der Waals surface area contributed by atoms with Crippen molar-refractivity contribution in [1.29, 1.82) is 0 Å². The average molecular weight is 261 g/mol. The molecule has 0 bridgehead atoms. The van der Waals surface area contributed by atoms with Crippen LogP contribution in [0.3, 0.4) is 0 Å². The van der Waals surface area contributed by atoms with Crippen molar-refractivity contribution in [3.63, 3.8) is 0 Å². The van der Waals surface area contributed by atoms with Gasteiger partial charge in [0, 0.05) is 24.3 Å². The largest absolute Gasteiger partial charge is 0.324 e. The van der Waals surface area contributed by atoms with Gasteiger partial charge < -0.3 is 5.73 Å². The second-order valence-electron chi connectivity index (χ2n) is 5.16. The fraction of sp³-hybridized carbons (Fsp3) is 0.571. The van der Waals surface area contributed by atoms with E-state index in [1.165, 1.54) is 5.56 Å². The molecular formula is C14H23N5. The summed E-state index contributed by atoms with van der Waals surface area (Å²) in [6.45, 7) is 8.96. The van der Waals surface area contributed by atoms with Crippen LogP contribution in [-0.2, 0) is 13.6 Å². The molecule has 2 rings (SSSR count). The molecule has 0 fully saturated rings. The van der Waals surface area contributed by atoms with Gasteiger partial charge in [0.25, 0.3) is 0 Å². The summed E-state index contributed by atoms with van der Waals surface area (Å²) in [6.07, 6.45) is 0.929. The Kier molecular flexibility index (Phi) is 3.75. The van der Waals surface area contributed by atoms with Gasteiger partial charge in [-0.1, -0.05) is 6.92 Å². The highest BCUT2D eigenvalue weighted by atomic mass is 15.3. The maximum Gasteiger partial charge on any atom is 0.0831 e. The zero-order valence-corrected chi connectivity index (χ0v) is 12.4. The van der Waals surface area contributed by atoms with Gasteiger partial charge in [-0.3, -0.25) is 9.36 Å². The van der Waals surface area contributed by atoms with Crippen LogP contribution in [-0.4, -0.2) is 19.6 Å². The van der Waals surface area contributed by atoms with Crippen LogP contribution < -0.4 is 5.73 Å². The van der Waals surface area contributed by atoms with E-state index in [1.54, 1.807) is 0 Å². The molecule has 0 aliphatic heterocycles. The van der Waals surface area contributed by atoms with Crippen LogP contribution in [0.2, 0.25) is 0 Å². The van der Waals surface area contributed by atoms with Crippen molar-refractivity contribution in [1.82, 2.24) is 19.6 Å². The Morgan fingerprint density at radius 2 is 1.95 bits per heavy atom. The van der Waals surface area contributed by atoms with Gasteiger partial charge in [0.15, 0.2) is 0 Å². The van der Waals surface area contributed by atoms with Gasteiger partial charge >= 0.3 is 0 Å². The molecule has 1 unspecified atom stereocenters. The minimum Gasteiger partial charge on any atom is -0.324 e. The maximum atomic E-state index is 6.17. The van der Waals surface area contributed by atoms with Crippen molar-refractivity contribution in [2.24, 2.45) is 12.8 Å². The van der Waals surface area contributed by atoms with Crippen molar-refractivity contribution in [3.05, 3.63) is 34.4 Å². The summed E-state index contributed by atoms with van der Waals surface area (Å²) in [6, 6.07) is 2.16. The quantitative estimate of drug-likeness (QED) is 0.915. The minimum atomic E-state index is 0.0713. The third-order valence-electron chi connectivity index (χ3n) is 3.66. The Labute approximate surface area is 114 Å². The van der Waals surface area contributed by atoms with E-state index < -0.39 is 0 Å². The van der Waals surface area contributed by atoms with Crippen LogP contribution in [0, 0.1) is 20.8 Å². The Morgan fingerprint density at radius 3 is 2.47 bits per heavy atom. The third kappa shape index (κ3) is 2.56. The molecule has 104 valence electrons. The molecule has 0 aromatic carbocycles. The van der Waals surface area contributed by atoms with Gasteiger partial charge in [-0.2, -0.15) is 10.2 Å². The molecule has 0 spiro atoms. The van der Waals surface area contributed by atoms with Gasteiger partial charge in [-0.15, -0.1) is 0 Å². The second kappa shape index (κ2) is 5.17. The number of nitrogens with two attached hydrogens (primary N) is 1. The molecule has 19 heavy (non-hydrogen) atoms.